The van der Waals surface area contributed by atoms with E-state index in [1.807, 2.05) is 19.2 Å². The molecule has 1 aliphatic heterocycles. The second-order valence-corrected chi connectivity index (χ2v) is 6.92. The van der Waals surface area contributed by atoms with Crippen LogP contribution in [0.1, 0.15) is 24.0 Å². The summed E-state index contributed by atoms with van der Waals surface area (Å²) in [7, 11) is 2.04. The zero-order valence-electron chi connectivity index (χ0n) is 13.6. The molecule has 1 aliphatic carbocycles. The Labute approximate surface area is 137 Å². The van der Waals surface area contributed by atoms with E-state index in [2.05, 4.69) is 28.0 Å². The van der Waals surface area contributed by atoms with E-state index in [-0.39, 0.29) is 5.82 Å². The molecule has 1 heterocycles. The van der Waals surface area contributed by atoms with Gasteiger partial charge in [0.05, 0.1) is 0 Å². The lowest BCUT2D eigenvalue weighted by atomic mass is 9.98. The van der Waals surface area contributed by atoms with Gasteiger partial charge in [-0.2, -0.15) is 0 Å². The minimum atomic E-state index is -0.191. The molecule has 0 N–H and O–H groups in total. The van der Waals surface area contributed by atoms with E-state index in [9.17, 15) is 4.39 Å². The number of benzene rings is 2. The normalized spacial score (nSPS) is 17.8. The fourth-order valence-electron chi connectivity index (χ4n) is 3.45. The van der Waals surface area contributed by atoms with Crippen LogP contribution in [0.4, 0.5) is 15.8 Å². The summed E-state index contributed by atoms with van der Waals surface area (Å²) >= 11 is 0. The van der Waals surface area contributed by atoms with Gasteiger partial charge in [-0.15, -0.1) is 0 Å². The molecule has 2 nitrogen and oxygen atoms in total. The maximum atomic E-state index is 13.1. The van der Waals surface area contributed by atoms with Crippen molar-refractivity contribution < 1.29 is 4.39 Å². The van der Waals surface area contributed by atoms with Gasteiger partial charge in [0, 0.05) is 38.1 Å². The lowest BCUT2D eigenvalue weighted by Crippen LogP contribution is -2.32. The predicted octanol–water partition coefficient (Wildman–Crippen LogP) is 4.36. The first kappa shape index (κ1) is 14.7. The number of fused-ring (bicyclic) bond motifs is 1. The van der Waals surface area contributed by atoms with Crippen molar-refractivity contribution in [3.05, 3.63) is 59.4 Å². The number of nitrogens with zero attached hydrogens (tertiary/aromatic N) is 2. The van der Waals surface area contributed by atoms with Crippen molar-refractivity contribution in [2.75, 3.05) is 25.0 Å². The first-order chi connectivity index (χ1) is 11.2. The van der Waals surface area contributed by atoms with E-state index in [0.29, 0.717) is 0 Å². The predicted molar refractivity (Wildman–Crippen MR) is 92.6 cm³/mol. The Morgan fingerprint density at radius 3 is 2.52 bits per heavy atom. The second kappa shape index (κ2) is 5.97. The van der Waals surface area contributed by atoms with E-state index in [1.165, 1.54) is 54.9 Å². The number of hydrogen-bond donors (Lipinski definition) is 0. The van der Waals surface area contributed by atoms with Crippen LogP contribution in [0.2, 0.25) is 0 Å². The average molecular weight is 310 g/mol. The van der Waals surface area contributed by atoms with Gasteiger partial charge in [-0.3, -0.25) is 4.90 Å². The van der Waals surface area contributed by atoms with Gasteiger partial charge in [0.2, 0.25) is 0 Å². The van der Waals surface area contributed by atoms with Gasteiger partial charge in [-0.25, -0.2) is 4.39 Å². The second-order valence-electron chi connectivity index (χ2n) is 6.92. The minimum absolute atomic E-state index is 0.191. The highest BCUT2D eigenvalue weighted by atomic mass is 19.1. The maximum Gasteiger partial charge on any atom is 0.123 e. The van der Waals surface area contributed by atoms with Gasteiger partial charge in [-0.05, 0) is 72.7 Å². The van der Waals surface area contributed by atoms with Gasteiger partial charge in [0.15, 0.2) is 0 Å². The summed E-state index contributed by atoms with van der Waals surface area (Å²) in [5.41, 5.74) is 5.11. The van der Waals surface area contributed by atoms with E-state index in [0.717, 1.165) is 24.6 Å². The Hall–Kier alpha value is -1.87. The molecule has 0 spiro atoms. The molecule has 0 aromatic heterocycles. The van der Waals surface area contributed by atoms with E-state index in [4.69, 9.17) is 0 Å². The van der Waals surface area contributed by atoms with Crippen LogP contribution in [0.3, 0.4) is 0 Å². The third-order valence-corrected chi connectivity index (χ3v) is 5.10. The zero-order valence-corrected chi connectivity index (χ0v) is 13.6. The smallest absolute Gasteiger partial charge is 0.123 e. The van der Waals surface area contributed by atoms with Crippen LogP contribution in [-0.4, -0.2) is 25.0 Å². The standard InChI is InChI=1S/C20H23FN2/c1-22(19-8-5-18(21)6-9-19)20-7-4-16-10-11-23(13-15-2-3-15)14-17(16)12-20/h4-9,12,15H,2-3,10-11,13-14H2,1H3. The number of halogens is 1. The highest BCUT2D eigenvalue weighted by molar-refractivity contribution is 5.63. The number of rotatable bonds is 4. The topological polar surface area (TPSA) is 6.48 Å². The largest absolute Gasteiger partial charge is 0.345 e. The molecule has 2 aliphatic rings. The molecule has 4 rings (SSSR count). The third-order valence-electron chi connectivity index (χ3n) is 5.10. The monoisotopic (exact) mass is 310 g/mol. The summed E-state index contributed by atoms with van der Waals surface area (Å²) in [5.74, 6) is 0.755. The molecular formula is C20H23FN2. The quantitative estimate of drug-likeness (QED) is 0.828. The third kappa shape index (κ3) is 3.25. The fourth-order valence-corrected chi connectivity index (χ4v) is 3.45. The highest BCUT2D eigenvalue weighted by Gasteiger charge is 2.26. The summed E-state index contributed by atoms with van der Waals surface area (Å²) in [6, 6.07) is 13.4. The maximum absolute atomic E-state index is 13.1. The van der Waals surface area contributed by atoms with Crippen molar-refractivity contribution in [2.45, 2.75) is 25.8 Å². The van der Waals surface area contributed by atoms with Crippen molar-refractivity contribution in [1.29, 1.82) is 0 Å². The summed E-state index contributed by atoms with van der Waals surface area (Å²) < 4.78 is 13.1. The molecule has 0 amide bonds. The SMILES string of the molecule is CN(c1ccc(F)cc1)c1ccc2c(c1)CN(CC1CC1)CC2. The molecule has 0 saturated heterocycles. The summed E-state index contributed by atoms with van der Waals surface area (Å²) in [4.78, 5) is 4.72. The van der Waals surface area contributed by atoms with Gasteiger partial charge < -0.3 is 4.90 Å². The van der Waals surface area contributed by atoms with Crippen molar-refractivity contribution >= 4 is 11.4 Å². The van der Waals surface area contributed by atoms with Crippen molar-refractivity contribution in [2.24, 2.45) is 5.92 Å². The van der Waals surface area contributed by atoms with Crippen molar-refractivity contribution in [3.8, 4) is 0 Å². The first-order valence-electron chi connectivity index (χ1n) is 8.52. The van der Waals surface area contributed by atoms with Crippen LogP contribution < -0.4 is 4.90 Å². The molecule has 0 radical (unpaired) electrons. The van der Waals surface area contributed by atoms with Crippen LogP contribution in [0.25, 0.3) is 0 Å². The Morgan fingerprint density at radius 2 is 1.78 bits per heavy atom. The van der Waals surface area contributed by atoms with Crippen molar-refractivity contribution in [3.63, 3.8) is 0 Å². The molecule has 0 bridgehead atoms. The molecular weight excluding hydrogens is 287 g/mol. The molecule has 0 unspecified atom stereocenters. The number of hydrogen-bond acceptors (Lipinski definition) is 2. The minimum Gasteiger partial charge on any atom is -0.345 e. The van der Waals surface area contributed by atoms with Gasteiger partial charge in [0.1, 0.15) is 5.82 Å². The van der Waals surface area contributed by atoms with E-state index >= 15 is 0 Å². The highest BCUT2D eigenvalue weighted by Crippen LogP contribution is 2.33. The molecule has 1 fully saturated rings. The molecule has 0 atom stereocenters. The van der Waals surface area contributed by atoms with Gasteiger partial charge in [-0.1, -0.05) is 6.07 Å². The van der Waals surface area contributed by atoms with Crippen molar-refractivity contribution in [1.82, 2.24) is 4.90 Å². The van der Waals surface area contributed by atoms with Crippen LogP contribution in [0, 0.1) is 11.7 Å². The van der Waals surface area contributed by atoms with E-state index < -0.39 is 0 Å². The van der Waals surface area contributed by atoms with Crippen LogP contribution in [-0.2, 0) is 13.0 Å². The zero-order chi connectivity index (χ0) is 15.8. The molecule has 23 heavy (non-hydrogen) atoms. The molecule has 120 valence electrons. The Balaban J connectivity index is 1.54. The first-order valence-corrected chi connectivity index (χ1v) is 8.52. The fraction of sp³-hybridized carbons (Fsp3) is 0.400. The Bertz CT molecular complexity index is 691. The van der Waals surface area contributed by atoms with Gasteiger partial charge in [0.25, 0.3) is 0 Å². The Kier molecular flexibility index (Phi) is 3.82. The molecule has 2 aromatic carbocycles. The number of anilines is 2. The van der Waals surface area contributed by atoms with E-state index in [1.54, 1.807) is 0 Å². The van der Waals surface area contributed by atoms with Gasteiger partial charge >= 0.3 is 0 Å². The summed E-state index contributed by atoms with van der Waals surface area (Å²) in [6.07, 6.45) is 3.98. The molecule has 2 aromatic rings. The van der Waals surface area contributed by atoms with Crippen LogP contribution in [0.5, 0.6) is 0 Å². The van der Waals surface area contributed by atoms with Crippen LogP contribution in [0.15, 0.2) is 42.5 Å². The average Bonchev–Trinajstić information content (AvgIpc) is 3.38. The molecule has 1 saturated carbocycles. The lowest BCUT2D eigenvalue weighted by Gasteiger charge is -2.30. The Morgan fingerprint density at radius 1 is 1.04 bits per heavy atom. The summed E-state index contributed by atoms with van der Waals surface area (Å²) in [5, 5.41) is 0. The summed E-state index contributed by atoms with van der Waals surface area (Å²) in [6.45, 7) is 3.52. The lowest BCUT2D eigenvalue weighted by molar-refractivity contribution is 0.244. The van der Waals surface area contributed by atoms with Crippen LogP contribution >= 0.6 is 0 Å². The molecule has 3 heteroatoms.